The van der Waals surface area contributed by atoms with E-state index in [1.54, 1.807) is 32.9 Å². The second-order valence-electron chi connectivity index (χ2n) is 10.3. The van der Waals surface area contributed by atoms with Crippen molar-refractivity contribution in [1.82, 2.24) is 5.16 Å². The Morgan fingerprint density at radius 2 is 1.64 bits per heavy atom. The lowest BCUT2D eigenvalue weighted by atomic mass is 9.93. The van der Waals surface area contributed by atoms with Gasteiger partial charge in [0.1, 0.15) is 17.1 Å². The summed E-state index contributed by atoms with van der Waals surface area (Å²) in [7, 11) is 1.47. The Balaban J connectivity index is 1.53. The summed E-state index contributed by atoms with van der Waals surface area (Å²) in [5.74, 6) is 0.276. The molecule has 1 aliphatic rings. The van der Waals surface area contributed by atoms with Crippen molar-refractivity contribution in [1.29, 1.82) is 0 Å². The smallest absolute Gasteiger partial charge is 0.419 e. The van der Waals surface area contributed by atoms with E-state index in [-0.39, 0.29) is 35.4 Å². The van der Waals surface area contributed by atoms with Crippen LogP contribution in [0.4, 0.5) is 29.3 Å². The molecule has 0 aliphatic heterocycles. The van der Waals surface area contributed by atoms with Gasteiger partial charge in [0.15, 0.2) is 5.76 Å². The second kappa shape index (κ2) is 12.1. The zero-order chi connectivity index (χ0) is 31.6. The van der Waals surface area contributed by atoms with Crippen LogP contribution in [0.25, 0.3) is 22.5 Å². The average molecular weight is 609 g/mol. The van der Waals surface area contributed by atoms with Crippen molar-refractivity contribution < 1.29 is 41.5 Å². The first-order valence-electron chi connectivity index (χ1n) is 14.1. The summed E-state index contributed by atoms with van der Waals surface area (Å²) < 4.78 is 62.6. The molecule has 1 fully saturated rings. The number of esters is 1. The predicted molar refractivity (Wildman–Crippen MR) is 157 cm³/mol. The number of carbonyl (C=O) groups is 2. The highest BCUT2D eigenvalue weighted by Gasteiger charge is 2.52. The van der Waals surface area contributed by atoms with Crippen molar-refractivity contribution in [2.75, 3.05) is 25.2 Å². The highest BCUT2D eigenvalue weighted by atomic mass is 19.4. The zero-order valence-corrected chi connectivity index (χ0v) is 24.7. The standard InChI is InChI=1S/C33H31F3N2O6/c1-5-42-30(39)32(16-17-32)23-13-10-21(11-14-23)22-12-15-26(27(18-22)41-4)29-28(20(3)37-44-29)38(31(40)43-6-2)25-9-7-8-24(19-25)33(34,35)36/h7-15,18-19H,5-6,16-17H2,1-4H3. The molecule has 11 heteroatoms. The minimum Gasteiger partial charge on any atom is -0.496 e. The van der Waals surface area contributed by atoms with Gasteiger partial charge >= 0.3 is 18.2 Å². The molecule has 1 aliphatic carbocycles. The molecule has 0 saturated heterocycles. The molecule has 0 radical (unpaired) electrons. The van der Waals surface area contributed by atoms with Crippen LogP contribution in [0.3, 0.4) is 0 Å². The van der Waals surface area contributed by atoms with Gasteiger partial charge in [-0.3, -0.25) is 4.79 Å². The molecule has 1 heterocycles. The Hall–Kier alpha value is -4.80. The summed E-state index contributed by atoms with van der Waals surface area (Å²) in [5.41, 5.74) is 1.78. The number of hydrogen-bond donors (Lipinski definition) is 0. The van der Waals surface area contributed by atoms with E-state index in [0.717, 1.165) is 46.6 Å². The minimum absolute atomic E-state index is 0.00826. The van der Waals surface area contributed by atoms with Gasteiger partial charge in [-0.25, -0.2) is 9.69 Å². The summed E-state index contributed by atoms with van der Waals surface area (Å²) in [6.45, 7) is 5.28. The third kappa shape index (κ3) is 5.73. The fraction of sp³-hybridized carbons (Fsp3) is 0.303. The van der Waals surface area contributed by atoms with E-state index >= 15 is 0 Å². The minimum atomic E-state index is -4.63. The quantitative estimate of drug-likeness (QED) is 0.177. The lowest BCUT2D eigenvalue weighted by Gasteiger charge is -2.23. The lowest BCUT2D eigenvalue weighted by molar-refractivity contribution is -0.146. The van der Waals surface area contributed by atoms with Gasteiger partial charge in [0.2, 0.25) is 0 Å². The maximum atomic E-state index is 13.6. The Morgan fingerprint density at radius 3 is 2.25 bits per heavy atom. The monoisotopic (exact) mass is 608 g/mol. The lowest BCUT2D eigenvalue weighted by Crippen LogP contribution is -2.28. The van der Waals surface area contributed by atoms with Gasteiger partial charge in [-0.1, -0.05) is 41.6 Å². The van der Waals surface area contributed by atoms with Crippen molar-refractivity contribution in [2.45, 2.75) is 45.2 Å². The number of aryl methyl sites for hydroxylation is 1. The molecule has 0 N–H and O–H groups in total. The average Bonchev–Trinajstić information content (AvgIpc) is 3.75. The van der Waals surface area contributed by atoms with E-state index in [2.05, 4.69) is 5.16 Å². The number of benzene rings is 3. The van der Waals surface area contributed by atoms with E-state index in [1.807, 2.05) is 30.3 Å². The van der Waals surface area contributed by atoms with Gasteiger partial charge in [0, 0.05) is 0 Å². The predicted octanol–water partition coefficient (Wildman–Crippen LogP) is 8.23. The summed E-state index contributed by atoms with van der Waals surface area (Å²) in [6.07, 6.45) is -4.03. The molecule has 230 valence electrons. The van der Waals surface area contributed by atoms with Gasteiger partial charge in [-0.2, -0.15) is 13.2 Å². The van der Waals surface area contributed by atoms with Crippen LogP contribution in [0.1, 0.15) is 43.5 Å². The molecular weight excluding hydrogens is 577 g/mol. The van der Waals surface area contributed by atoms with Crippen LogP contribution >= 0.6 is 0 Å². The topological polar surface area (TPSA) is 91.1 Å². The molecular formula is C33H31F3N2O6. The zero-order valence-electron chi connectivity index (χ0n) is 24.7. The Kier molecular flexibility index (Phi) is 8.40. The van der Waals surface area contributed by atoms with Crippen molar-refractivity contribution in [3.8, 4) is 28.2 Å². The van der Waals surface area contributed by atoms with Crippen molar-refractivity contribution >= 4 is 23.4 Å². The second-order valence-corrected chi connectivity index (χ2v) is 10.3. The fourth-order valence-corrected chi connectivity index (χ4v) is 5.19. The van der Waals surface area contributed by atoms with E-state index < -0.39 is 23.2 Å². The Morgan fingerprint density at radius 1 is 0.955 bits per heavy atom. The molecule has 1 amide bonds. The maximum Gasteiger partial charge on any atom is 0.419 e. The molecule has 0 spiro atoms. The van der Waals surface area contributed by atoms with Gasteiger partial charge in [0.25, 0.3) is 0 Å². The van der Waals surface area contributed by atoms with Crippen LogP contribution in [0.5, 0.6) is 5.75 Å². The van der Waals surface area contributed by atoms with Crippen LogP contribution in [-0.2, 0) is 25.9 Å². The number of carbonyl (C=O) groups excluding carboxylic acids is 2. The molecule has 4 aromatic rings. The van der Waals surface area contributed by atoms with E-state index in [9.17, 15) is 22.8 Å². The number of hydrogen-bond acceptors (Lipinski definition) is 7. The van der Waals surface area contributed by atoms with Gasteiger partial charge in [0.05, 0.1) is 42.6 Å². The van der Waals surface area contributed by atoms with E-state index in [1.165, 1.54) is 19.2 Å². The number of amides is 1. The van der Waals surface area contributed by atoms with Crippen LogP contribution in [-0.4, -0.2) is 37.5 Å². The van der Waals surface area contributed by atoms with Crippen LogP contribution in [0.2, 0.25) is 0 Å². The first-order valence-corrected chi connectivity index (χ1v) is 14.1. The molecule has 44 heavy (non-hydrogen) atoms. The van der Waals surface area contributed by atoms with E-state index in [0.29, 0.717) is 17.9 Å². The Labute approximate surface area is 252 Å². The summed E-state index contributed by atoms with van der Waals surface area (Å²) >= 11 is 0. The summed E-state index contributed by atoms with van der Waals surface area (Å²) in [5, 5.41) is 4.04. The number of nitrogens with zero attached hydrogens (tertiary/aromatic N) is 2. The number of halogens is 3. The van der Waals surface area contributed by atoms with Crippen LogP contribution < -0.4 is 9.64 Å². The van der Waals surface area contributed by atoms with Gasteiger partial charge in [-0.15, -0.1) is 0 Å². The van der Waals surface area contributed by atoms with Gasteiger partial charge < -0.3 is 18.7 Å². The fourth-order valence-electron chi connectivity index (χ4n) is 5.19. The molecule has 1 saturated carbocycles. The van der Waals surface area contributed by atoms with Crippen molar-refractivity contribution in [3.05, 3.63) is 83.6 Å². The molecule has 8 nitrogen and oxygen atoms in total. The summed E-state index contributed by atoms with van der Waals surface area (Å²) in [4.78, 5) is 26.7. The largest absolute Gasteiger partial charge is 0.496 e. The first-order chi connectivity index (χ1) is 21.0. The van der Waals surface area contributed by atoms with Crippen LogP contribution in [0, 0.1) is 6.92 Å². The van der Waals surface area contributed by atoms with Crippen LogP contribution in [0.15, 0.2) is 71.3 Å². The number of alkyl halides is 3. The van der Waals surface area contributed by atoms with Crippen molar-refractivity contribution in [3.63, 3.8) is 0 Å². The molecule has 0 unspecified atom stereocenters. The van der Waals surface area contributed by atoms with Crippen molar-refractivity contribution in [2.24, 2.45) is 0 Å². The molecule has 3 aromatic carbocycles. The molecule has 1 aromatic heterocycles. The van der Waals surface area contributed by atoms with E-state index in [4.69, 9.17) is 18.7 Å². The molecule has 0 atom stereocenters. The number of aromatic nitrogens is 1. The number of methoxy groups -OCH3 is 1. The molecule has 0 bridgehead atoms. The third-order valence-corrected chi connectivity index (χ3v) is 7.57. The third-order valence-electron chi connectivity index (χ3n) is 7.57. The normalized spacial score (nSPS) is 13.7. The number of ether oxygens (including phenoxy) is 3. The highest BCUT2D eigenvalue weighted by Crippen LogP contribution is 2.50. The SMILES string of the molecule is CCOC(=O)N(c1cccc(C(F)(F)F)c1)c1c(C)noc1-c1ccc(-c2ccc(C3(C(=O)OCC)CC3)cc2)cc1OC. The maximum absolute atomic E-state index is 13.6. The number of anilines is 2. The highest BCUT2D eigenvalue weighted by molar-refractivity contribution is 6.01. The summed E-state index contributed by atoms with van der Waals surface area (Å²) in [6, 6.07) is 17.4. The molecule has 5 rings (SSSR count). The Bertz CT molecular complexity index is 1680. The van der Waals surface area contributed by atoms with Gasteiger partial charge in [-0.05, 0) is 80.6 Å². The number of rotatable bonds is 9. The first kappa shape index (κ1) is 30.7.